The van der Waals surface area contributed by atoms with Crippen LogP contribution < -0.4 is 15.0 Å². The van der Waals surface area contributed by atoms with Gasteiger partial charge in [0.05, 0.1) is 20.1 Å². The number of benzene rings is 3. The second kappa shape index (κ2) is 11.8. The van der Waals surface area contributed by atoms with E-state index in [0.29, 0.717) is 30.8 Å². The molecule has 3 rings (SSSR count). The van der Waals surface area contributed by atoms with Gasteiger partial charge in [0, 0.05) is 24.3 Å². The number of nitrogens with one attached hydrogen (secondary N) is 1. The van der Waals surface area contributed by atoms with Crippen molar-refractivity contribution in [1.82, 2.24) is 10.2 Å². The molecular formula is C27H31N3O3. The van der Waals surface area contributed by atoms with Crippen LogP contribution in [0.1, 0.15) is 21.5 Å². The lowest BCUT2D eigenvalue weighted by atomic mass is 10.1. The first-order valence-electron chi connectivity index (χ1n) is 11.0. The highest BCUT2D eigenvalue weighted by Gasteiger charge is 2.19. The molecule has 0 fully saturated rings. The molecule has 0 atom stereocenters. The van der Waals surface area contributed by atoms with Gasteiger partial charge in [0.2, 0.25) is 5.91 Å². The van der Waals surface area contributed by atoms with E-state index in [1.807, 2.05) is 85.7 Å². The average Bonchev–Trinajstić information content (AvgIpc) is 2.83. The van der Waals surface area contributed by atoms with Crippen molar-refractivity contribution in [3.8, 4) is 5.75 Å². The number of nitrogens with zero attached hydrogens (tertiary/aromatic N) is 2. The Morgan fingerprint density at radius 3 is 2.27 bits per heavy atom. The van der Waals surface area contributed by atoms with Crippen LogP contribution in [0.3, 0.4) is 0 Å². The first-order valence-corrected chi connectivity index (χ1v) is 11.0. The van der Waals surface area contributed by atoms with E-state index in [4.69, 9.17) is 4.74 Å². The van der Waals surface area contributed by atoms with Crippen LogP contribution in [0.2, 0.25) is 0 Å². The number of carbonyl (C=O) groups is 2. The van der Waals surface area contributed by atoms with Crippen molar-refractivity contribution >= 4 is 17.5 Å². The van der Waals surface area contributed by atoms with E-state index in [2.05, 4.69) is 5.32 Å². The van der Waals surface area contributed by atoms with Crippen molar-refractivity contribution < 1.29 is 14.3 Å². The van der Waals surface area contributed by atoms with Gasteiger partial charge < -0.3 is 19.9 Å². The zero-order chi connectivity index (χ0) is 23.6. The molecule has 0 unspecified atom stereocenters. The Kier molecular flexibility index (Phi) is 8.61. The lowest BCUT2D eigenvalue weighted by Crippen LogP contribution is -2.32. The zero-order valence-corrected chi connectivity index (χ0v) is 19.5. The van der Waals surface area contributed by atoms with Gasteiger partial charge >= 0.3 is 0 Å². The monoisotopic (exact) mass is 445 g/mol. The fourth-order valence-electron chi connectivity index (χ4n) is 3.42. The summed E-state index contributed by atoms with van der Waals surface area (Å²) in [7, 11) is 5.53. The van der Waals surface area contributed by atoms with Gasteiger partial charge in [-0.25, -0.2) is 0 Å². The highest BCUT2D eigenvalue weighted by atomic mass is 16.5. The molecule has 0 spiro atoms. The van der Waals surface area contributed by atoms with E-state index < -0.39 is 0 Å². The van der Waals surface area contributed by atoms with Gasteiger partial charge in [0.1, 0.15) is 5.75 Å². The van der Waals surface area contributed by atoms with Crippen LogP contribution in [0.5, 0.6) is 5.75 Å². The van der Waals surface area contributed by atoms with Crippen molar-refractivity contribution in [3.63, 3.8) is 0 Å². The highest BCUT2D eigenvalue weighted by molar-refractivity contribution is 6.06. The third-order valence-corrected chi connectivity index (χ3v) is 5.24. The molecule has 0 aliphatic rings. The van der Waals surface area contributed by atoms with E-state index >= 15 is 0 Å². The molecule has 6 nitrogen and oxygen atoms in total. The second-order valence-corrected chi connectivity index (χ2v) is 8.11. The van der Waals surface area contributed by atoms with E-state index in [-0.39, 0.29) is 11.8 Å². The van der Waals surface area contributed by atoms with Crippen LogP contribution >= 0.6 is 0 Å². The maximum absolute atomic E-state index is 13.5. The smallest absolute Gasteiger partial charge is 0.258 e. The number of hydrogen-bond acceptors (Lipinski definition) is 4. The summed E-state index contributed by atoms with van der Waals surface area (Å²) >= 11 is 0. The zero-order valence-electron chi connectivity index (χ0n) is 19.5. The Morgan fingerprint density at radius 1 is 0.879 bits per heavy atom. The van der Waals surface area contributed by atoms with Crippen molar-refractivity contribution in [2.45, 2.75) is 13.0 Å². The summed E-state index contributed by atoms with van der Waals surface area (Å²) in [5.41, 5.74) is 3.24. The fourth-order valence-corrected chi connectivity index (χ4v) is 3.42. The summed E-state index contributed by atoms with van der Waals surface area (Å²) in [5.74, 6) is 0.501. The predicted octanol–water partition coefficient (Wildman–Crippen LogP) is 3.76. The standard InChI is InChI=1S/C27H31N3O3/c1-29(2)17-16-28-26(31)18-21-12-14-24(15-13-21)30(20-22-8-5-4-6-9-22)27(32)23-10-7-11-25(19-23)33-3/h4-15,19H,16-18,20H2,1-3H3,(H,28,31). The molecule has 3 aromatic carbocycles. The molecule has 0 aliphatic carbocycles. The van der Waals surface area contributed by atoms with Crippen molar-refractivity contribution in [2.24, 2.45) is 0 Å². The van der Waals surface area contributed by atoms with Crippen LogP contribution in [-0.2, 0) is 17.8 Å². The van der Waals surface area contributed by atoms with Gasteiger partial charge in [0.25, 0.3) is 5.91 Å². The van der Waals surface area contributed by atoms with Crippen LogP contribution in [0.15, 0.2) is 78.9 Å². The normalized spacial score (nSPS) is 10.7. The SMILES string of the molecule is COc1cccc(C(=O)N(Cc2ccccc2)c2ccc(CC(=O)NCCN(C)C)cc2)c1. The van der Waals surface area contributed by atoms with Crippen molar-refractivity contribution in [1.29, 1.82) is 0 Å². The topological polar surface area (TPSA) is 61.9 Å². The Balaban J connectivity index is 1.78. The quantitative estimate of drug-likeness (QED) is 0.516. The lowest BCUT2D eigenvalue weighted by Gasteiger charge is -2.24. The number of hydrogen-bond donors (Lipinski definition) is 1. The number of ether oxygens (including phenoxy) is 1. The number of carbonyl (C=O) groups excluding carboxylic acids is 2. The van der Waals surface area contributed by atoms with Crippen LogP contribution in [0.25, 0.3) is 0 Å². The summed E-state index contributed by atoms with van der Waals surface area (Å²) in [6.07, 6.45) is 0.302. The molecule has 33 heavy (non-hydrogen) atoms. The summed E-state index contributed by atoms with van der Waals surface area (Å²) < 4.78 is 5.29. The second-order valence-electron chi connectivity index (χ2n) is 8.11. The van der Waals surface area contributed by atoms with E-state index in [0.717, 1.165) is 23.4 Å². The van der Waals surface area contributed by atoms with Crippen LogP contribution in [0, 0.1) is 0 Å². The number of amides is 2. The molecule has 2 amide bonds. The number of likely N-dealkylation sites (N-methyl/N-ethyl adjacent to an activating group) is 1. The minimum Gasteiger partial charge on any atom is -0.497 e. The molecule has 0 aromatic heterocycles. The maximum atomic E-state index is 13.5. The van der Waals surface area contributed by atoms with Crippen molar-refractivity contribution in [2.75, 3.05) is 39.2 Å². The van der Waals surface area contributed by atoms with Gasteiger partial charge in [-0.05, 0) is 55.6 Å². The third kappa shape index (κ3) is 7.19. The summed E-state index contributed by atoms with van der Waals surface area (Å²) in [5, 5.41) is 2.93. The van der Waals surface area contributed by atoms with Gasteiger partial charge in [-0.1, -0.05) is 48.5 Å². The number of methoxy groups -OCH3 is 1. The molecule has 0 heterocycles. The van der Waals surface area contributed by atoms with Crippen molar-refractivity contribution in [3.05, 3.63) is 95.6 Å². The Labute approximate surface area is 195 Å². The average molecular weight is 446 g/mol. The van der Waals surface area contributed by atoms with Crippen LogP contribution in [-0.4, -0.2) is 51.0 Å². The van der Waals surface area contributed by atoms with E-state index in [1.54, 1.807) is 24.1 Å². The summed E-state index contributed by atoms with van der Waals surface area (Å²) in [6, 6.07) is 24.6. The number of rotatable bonds is 10. The Hall–Kier alpha value is -3.64. The molecule has 1 N–H and O–H groups in total. The largest absolute Gasteiger partial charge is 0.497 e. The lowest BCUT2D eigenvalue weighted by molar-refractivity contribution is -0.120. The molecule has 6 heteroatoms. The first kappa shape index (κ1) is 24.0. The third-order valence-electron chi connectivity index (χ3n) is 5.24. The number of anilines is 1. The van der Waals surface area contributed by atoms with Gasteiger partial charge in [-0.15, -0.1) is 0 Å². The summed E-state index contributed by atoms with van der Waals surface area (Å²) in [6.45, 7) is 1.84. The summed E-state index contributed by atoms with van der Waals surface area (Å²) in [4.78, 5) is 29.4. The molecule has 0 saturated heterocycles. The molecule has 0 saturated carbocycles. The minimum absolute atomic E-state index is 0.0156. The Bertz CT molecular complexity index is 1050. The van der Waals surface area contributed by atoms with E-state index in [9.17, 15) is 9.59 Å². The predicted molar refractivity (Wildman–Crippen MR) is 132 cm³/mol. The first-order chi connectivity index (χ1) is 16.0. The van der Waals surface area contributed by atoms with E-state index in [1.165, 1.54) is 0 Å². The minimum atomic E-state index is -0.119. The van der Waals surface area contributed by atoms with Gasteiger partial charge in [0.15, 0.2) is 0 Å². The molecule has 0 aliphatic heterocycles. The Morgan fingerprint density at radius 2 is 1.61 bits per heavy atom. The highest BCUT2D eigenvalue weighted by Crippen LogP contribution is 2.23. The molecular weight excluding hydrogens is 414 g/mol. The fraction of sp³-hybridized carbons (Fsp3) is 0.259. The van der Waals surface area contributed by atoms with Crippen LogP contribution in [0.4, 0.5) is 5.69 Å². The maximum Gasteiger partial charge on any atom is 0.258 e. The van der Waals surface area contributed by atoms with Gasteiger partial charge in [-0.3, -0.25) is 9.59 Å². The molecule has 0 radical (unpaired) electrons. The molecule has 3 aromatic rings. The van der Waals surface area contributed by atoms with Gasteiger partial charge in [-0.2, -0.15) is 0 Å². The molecule has 172 valence electrons. The molecule has 0 bridgehead atoms.